The predicted molar refractivity (Wildman–Crippen MR) is 88.4 cm³/mol. The van der Waals surface area contributed by atoms with Gasteiger partial charge in [0.05, 0.1) is 11.0 Å². The lowest BCUT2D eigenvalue weighted by Gasteiger charge is -2.32. The molecule has 1 saturated heterocycles. The third kappa shape index (κ3) is 3.36. The number of aryl methyl sites for hydroxylation is 1. The first-order chi connectivity index (χ1) is 10.7. The van der Waals surface area contributed by atoms with Gasteiger partial charge in [-0.2, -0.15) is 0 Å². The number of benzene rings is 1. The Bertz CT molecular complexity index is 656. The minimum Gasteiger partial charge on any atom is -0.342 e. The summed E-state index contributed by atoms with van der Waals surface area (Å²) in [5.74, 6) is 1.19. The fourth-order valence-corrected chi connectivity index (χ4v) is 2.88. The smallest absolute Gasteiger partial charge is 0.164 e. The van der Waals surface area contributed by atoms with Gasteiger partial charge in [0.15, 0.2) is 5.78 Å². The summed E-state index contributed by atoms with van der Waals surface area (Å²) in [6.07, 6.45) is 1.46. The molecule has 5 heteroatoms. The Morgan fingerprint density at radius 1 is 1.27 bits per heavy atom. The summed E-state index contributed by atoms with van der Waals surface area (Å²) in [5.41, 5.74) is 2.68. The second-order valence-electron chi connectivity index (χ2n) is 6.09. The average molecular weight is 300 g/mol. The number of hydrogen-bond acceptors (Lipinski definition) is 4. The van der Waals surface area contributed by atoms with E-state index in [4.69, 9.17) is 0 Å². The number of piperazine rings is 1. The molecule has 5 nitrogen and oxygen atoms in total. The highest BCUT2D eigenvalue weighted by atomic mass is 16.1. The van der Waals surface area contributed by atoms with E-state index >= 15 is 0 Å². The van der Waals surface area contributed by atoms with E-state index in [0.717, 1.165) is 61.6 Å². The number of likely N-dealkylation sites (N-methyl/N-ethyl adjacent to an activating group) is 1. The van der Waals surface area contributed by atoms with Crippen LogP contribution in [0.4, 0.5) is 0 Å². The minimum atomic E-state index is 0.216. The van der Waals surface area contributed by atoms with Gasteiger partial charge in [0.25, 0.3) is 0 Å². The summed E-state index contributed by atoms with van der Waals surface area (Å²) >= 11 is 0. The molecule has 1 aliphatic rings. The summed E-state index contributed by atoms with van der Waals surface area (Å²) in [4.78, 5) is 24.9. The average Bonchev–Trinajstić information content (AvgIpc) is 2.96. The number of nitrogens with one attached hydrogen (secondary N) is 1. The van der Waals surface area contributed by atoms with E-state index < -0.39 is 0 Å². The quantitative estimate of drug-likeness (QED) is 0.858. The number of H-pyrrole nitrogens is 1. The largest absolute Gasteiger partial charge is 0.342 e. The maximum atomic E-state index is 12.4. The number of carbonyl (C=O) groups excluding carboxylic acids is 1. The molecule has 1 aliphatic heterocycles. The van der Waals surface area contributed by atoms with Crippen molar-refractivity contribution < 1.29 is 4.79 Å². The van der Waals surface area contributed by atoms with Gasteiger partial charge in [-0.1, -0.05) is 6.92 Å². The standard InChI is InChI=1S/C17H24N4O/c1-3-17-18-14-5-4-13(12-15(14)19-17)16(22)6-7-21-10-8-20(2)9-11-21/h4-5,12H,3,6-11H2,1-2H3,(H,18,19). The molecule has 0 unspecified atom stereocenters. The van der Waals surface area contributed by atoms with Crippen LogP contribution < -0.4 is 0 Å². The van der Waals surface area contributed by atoms with E-state index in [0.29, 0.717) is 6.42 Å². The van der Waals surface area contributed by atoms with Crippen LogP contribution in [0.25, 0.3) is 11.0 Å². The monoisotopic (exact) mass is 300 g/mol. The number of nitrogens with zero attached hydrogens (tertiary/aromatic N) is 3. The van der Waals surface area contributed by atoms with Gasteiger partial charge in [-0.25, -0.2) is 4.98 Å². The van der Waals surface area contributed by atoms with Gasteiger partial charge in [0.1, 0.15) is 5.82 Å². The Morgan fingerprint density at radius 3 is 2.77 bits per heavy atom. The lowest BCUT2D eigenvalue weighted by atomic mass is 10.1. The van der Waals surface area contributed by atoms with E-state index in [1.165, 1.54) is 0 Å². The van der Waals surface area contributed by atoms with Gasteiger partial charge in [-0.15, -0.1) is 0 Å². The molecule has 0 aliphatic carbocycles. The molecule has 0 saturated carbocycles. The number of aromatic nitrogens is 2. The van der Waals surface area contributed by atoms with Gasteiger partial charge >= 0.3 is 0 Å². The molecule has 0 atom stereocenters. The van der Waals surface area contributed by atoms with E-state index in [2.05, 4.69) is 33.7 Å². The van der Waals surface area contributed by atoms with E-state index in [-0.39, 0.29) is 5.78 Å². The van der Waals surface area contributed by atoms with Crippen molar-refractivity contribution in [3.05, 3.63) is 29.6 Å². The third-order valence-electron chi connectivity index (χ3n) is 4.44. The van der Waals surface area contributed by atoms with Crippen LogP contribution in [0.2, 0.25) is 0 Å². The molecule has 1 aromatic carbocycles. The molecule has 1 aromatic heterocycles. The zero-order chi connectivity index (χ0) is 15.5. The lowest BCUT2D eigenvalue weighted by molar-refractivity contribution is 0.0942. The summed E-state index contributed by atoms with van der Waals surface area (Å²) in [6.45, 7) is 7.22. The zero-order valence-corrected chi connectivity index (χ0v) is 13.4. The summed E-state index contributed by atoms with van der Waals surface area (Å²) in [5, 5.41) is 0. The van der Waals surface area contributed by atoms with Crippen molar-refractivity contribution in [3.8, 4) is 0 Å². The second-order valence-corrected chi connectivity index (χ2v) is 6.09. The second kappa shape index (κ2) is 6.58. The topological polar surface area (TPSA) is 52.2 Å². The van der Waals surface area contributed by atoms with Crippen molar-refractivity contribution in [1.82, 2.24) is 19.8 Å². The van der Waals surface area contributed by atoms with Gasteiger partial charge in [-0.05, 0) is 25.2 Å². The molecule has 3 rings (SSSR count). The molecular weight excluding hydrogens is 276 g/mol. The number of Topliss-reactive ketones (excluding diaryl/α,β-unsaturated/α-hetero) is 1. The molecule has 0 radical (unpaired) electrons. The number of hydrogen-bond donors (Lipinski definition) is 1. The number of imidazole rings is 1. The summed E-state index contributed by atoms with van der Waals surface area (Å²) in [6, 6.07) is 5.77. The van der Waals surface area contributed by atoms with Crippen molar-refractivity contribution >= 4 is 16.8 Å². The number of carbonyl (C=O) groups is 1. The molecule has 2 aromatic rings. The zero-order valence-electron chi connectivity index (χ0n) is 13.4. The van der Waals surface area contributed by atoms with Crippen molar-refractivity contribution in [2.45, 2.75) is 19.8 Å². The van der Waals surface area contributed by atoms with Crippen LogP contribution in [0, 0.1) is 0 Å². The van der Waals surface area contributed by atoms with Crippen LogP contribution in [-0.2, 0) is 6.42 Å². The molecule has 118 valence electrons. The van der Waals surface area contributed by atoms with E-state index in [1.54, 1.807) is 0 Å². The van der Waals surface area contributed by atoms with Crippen molar-refractivity contribution in [2.75, 3.05) is 39.8 Å². The van der Waals surface area contributed by atoms with Crippen LogP contribution in [-0.4, -0.2) is 65.3 Å². The van der Waals surface area contributed by atoms with Crippen LogP contribution in [0.5, 0.6) is 0 Å². The Labute approximate surface area is 131 Å². The normalized spacial score (nSPS) is 17.2. The summed E-state index contributed by atoms with van der Waals surface area (Å²) in [7, 11) is 2.15. The molecule has 0 spiro atoms. The van der Waals surface area contributed by atoms with E-state index in [1.807, 2.05) is 18.2 Å². The van der Waals surface area contributed by atoms with Crippen LogP contribution in [0.1, 0.15) is 29.5 Å². The number of fused-ring (bicyclic) bond motifs is 1. The number of rotatable bonds is 5. The van der Waals surface area contributed by atoms with Crippen LogP contribution in [0.3, 0.4) is 0 Å². The molecule has 1 N–H and O–H groups in total. The first-order valence-electron chi connectivity index (χ1n) is 8.08. The molecule has 2 heterocycles. The van der Waals surface area contributed by atoms with Gasteiger partial charge < -0.3 is 14.8 Å². The highest BCUT2D eigenvalue weighted by molar-refractivity contribution is 5.99. The maximum Gasteiger partial charge on any atom is 0.164 e. The molecule has 0 bridgehead atoms. The minimum absolute atomic E-state index is 0.216. The highest BCUT2D eigenvalue weighted by Crippen LogP contribution is 2.15. The molecular formula is C17H24N4O. The molecule has 1 fully saturated rings. The Balaban J connectivity index is 1.62. The van der Waals surface area contributed by atoms with Crippen molar-refractivity contribution in [3.63, 3.8) is 0 Å². The lowest BCUT2D eigenvalue weighted by Crippen LogP contribution is -2.45. The third-order valence-corrected chi connectivity index (χ3v) is 4.44. The number of ketones is 1. The molecule has 22 heavy (non-hydrogen) atoms. The fourth-order valence-electron chi connectivity index (χ4n) is 2.88. The SMILES string of the molecule is CCc1nc2ccc(C(=O)CCN3CCN(C)CC3)cc2[nH]1. The van der Waals surface area contributed by atoms with Crippen molar-refractivity contribution in [1.29, 1.82) is 0 Å². The van der Waals surface area contributed by atoms with Crippen LogP contribution in [0.15, 0.2) is 18.2 Å². The Hall–Kier alpha value is -1.72. The van der Waals surface area contributed by atoms with Gasteiger partial charge in [-0.3, -0.25) is 4.79 Å². The van der Waals surface area contributed by atoms with Gasteiger partial charge in [0.2, 0.25) is 0 Å². The van der Waals surface area contributed by atoms with Crippen LogP contribution >= 0.6 is 0 Å². The maximum absolute atomic E-state index is 12.4. The highest BCUT2D eigenvalue weighted by Gasteiger charge is 2.15. The number of aromatic amines is 1. The molecule has 0 amide bonds. The Morgan fingerprint density at radius 2 is 2.05 bits per heavy atom. The summed E-state index contributed by atoms with van der Waals surface area (Å²) < 4.78 is 0. The Kier molecular flexibility index (Phi) is 4.55. The van der Waals surface area contributed by atoms with Crippen molar-refractivity contribution in [2.24, 2.45) is 0 Å². The first-order valence-corrected chi connectivity index (χ1v) is 8.08. The fraction of sp³-hybridized carbons (Fsp3) is 0.529. The predicted octanol–water partition coefficient (Wildman–Crippen LogP) is 1.95. The van der Waals surface area contributed by atoms with Gasteiger partial charge in [0, 0.05) is 51.1 Å². The first kappa shape index (κ1) is 15.2. The van der Waals surface area contributed by atoms with E-state index in [9.17, 15) is 4.79 Å².